The molecular formula is C51H56O2. The molecule has 1 aromatic rings. The van der Waals surface area contributed by atoms with Gasteiger partial charge in [-0.05, 0) is 223 Å². The first-order valence-electron chi connectivity index (χ1n) is 23.7. The van der Waals surface area contributed by atoms with Gasteiger partial charge in [-0.1, -0.05) is 53.6 Å². The Balaban J connectivity index is 0.942. The van der Waals surface area contributed by atoms with E-state index in [0.717, 1.165) is 172 Å². The highest BCUT2D eigenvalue weighted by molar-refractivity contribution is 5.69. The van der Waals surface area contributed by atoms with Crippen molar-refractivity contribution in [1.82, 2.24) is 0 Å². The number of rotatable bonds is 5. The van der Waals surface area contributed by atoms with Gasteiger partial charge in [0.05, 0.1) is 7.11 Å². The topological polar surface area (TPSA) is 26.3 Å². The average molecular weight is 701 g/mol. The lowest BCUT2D eigenvalue weighted by Crippen LogP contribution is -2.59. The molecule has 272 valence electrons. The van der Waals surface area contributed by atoms with Gasteiger partial charge in [-0.25, -0.2) is 0 Å². The van der Waals surface area contributed by atoms with E-state index in [2.05, 4.69) is 53.6 Å². The van der Waals surface area contributed by atoms with E-state index in [9.17, 15) is 4.79 Å². The van der Waals surface area contributed by atoms with Gasteiger partial charge in [0.15, 0.2) is 0 Å². The minimum atomic E-state index is 0.0106. The predicted molar refractivity (Wildman–Crippen MR) is 198 cm³/mol. The fraction of sp³-hybridized carbons (Fsp3) is 0.784. The van der Waals surface area contributed by atoms with E-state index >= 15 is 0 Å². The molecule has 15 fully saturated rings. The van der Waals surface area contributed by atoms with E-state index in [1.807, 2.05) is 0 Å². The Morgan fingerprint density at radius 2 is 1.28 bits per heavy atom. The highest BCUT2D eigenvalue weighted by Gasteiger charge is 2.94. The Hall–Kier alpha value is -1.83. The lowest BCUT2D eigenvalue weighted by atomic mass is 9.42. The molecule has 53 heavy (non-hydrogen) atoms. The minimum absolute atomic E-state index is 0.0106. The molecule has 2 nitrogen and oxygen atoms in total. The van der Waals surface area contributed by atoms with Crippen molar-refractivity contribution < 1.29 is 9.53 Å². The molecule has 0 radical (unpaired) electrons. The number of benzene rings is 1. The van der Waals surface area contributed by atoms with Gasteiger partial charge >= 0.3 is 5.97 Å². The summed E-state index contributed by atoms with van der Waals surface area (Å²) < 4.78 is 5.31. The quantitative estimate of drug-likeness (QED) is 0.227. The van der Waals surface area contributed by atoms with Crippen LogP contribution in [0.1, 0.15) is 63.4 Å². The third-order valence-electron chi connectivity index (χ3n) is 25.2. The molecule has 0 aliphatic heterocycles. The lowest BCUT2D eigenvalue weighted by Gasteiger charge is -2.62. The highest BCUT2D eigenvalue weighted by Crippen LogP contribution is 2.97. The second kappa shape index (κ2) is 8.00. The van der Waals surface area contributed by atoms with Crippen LogP contribution >= 0.6 is 0 Å². The number of fused-ring (bicyclic) bond motifs is 1. The van der Waals surface area contributed by atoms with Crippen LogP contribution in [-0.2, 0) is 14.9 Å². The molecule has 17 aliphatic carbocycles. The van der Waals surface area contributed by atoms with Gasteiger partial charge in [0, 0.05) is 17.3 Å². The van der Waals surface area contributed by atoms with E-state index in [1.54, 1.807) is 38.4 Å². The van der Waals surface area contributed by atoms with E-state index in [4.69, 9.17) is 4.74 Å². The molecule has 0 aromatic heterocycles. The Morgan fingerprint density at radius 3 is 2.11 bits per heavy atom. The SMILES string of the molecule is COC(=O)CCCC1(c2ccccc2)C2C3CC4CC5=CC6CC7CC8CC9CC%10=CC21C1C%10C2C9C9C8C7C7C6C6C5C4C4C3C1C1C2C9C7C6C41. The second-order valence-corrected chi connectivity index (χ2v) is 24.3. The van der Waals surface area contributed by atoms with Crippen molar-refractivity contribution in [3.8, 4) is 0 Å². The second-order valence-electron chi connectivity index (χ2n) is 24.3. The molecule has 17 aliphatic rings. The number of carbonyl (C=O) groups excluding carboxylic acids is 1. The van der Waals surface area contributed by atoms with E-state index < -0.39 is 0 Å². The number of carbonyl (C=O) groups is 1. The zero-order chi connectivity index (χ0) is 33.5. The number of methoxy groups -OCH3 is 1. The molecule has 30 atom stereocenters. The average Bonchev–Trinajstić information content (AvgIpc) is 3.86. The fourth-order valence-corrected chi connectivity index (χ4v) is 26.8. The molecule has 0 amide bonds. The zero-order valence-electron chi connectivity index (χ0n) is 31.4. The monoisotopic (exact) mass is 700 g/mol. The van der Waals surface area contributed by atoms with Crippen molar-refractivity contribution in [3.63, 3.8) is 0 Å². The molecule has 0 heterocycles. The van der Waals surface area contributed by atoms with Gasteiger partial charge in [0.2, 0.25) is 0 Å². The van der Waals surface area contributed by atoms with Crippen molar-refractivity contribution in [1.29, 1.82) is 0 Å². The summed E-state index contributed by atoms with van der Waals surface area (Å²) in [5, 5.41) is 0. The number of hydrogen-bond donors (Lipinski definition) is 0. The fourth-order valence-electron chi connectivity index (χ4n) is 26.8. The summed E-state index contributed by atoms with van der Waals surface area (Å²) in [6.45, 7) is 0. The molecule has 1 spiro atoms. The first kappa shape index (κ1) is 27.7. The largest absolute Gasteiger partial charge is 0.469 e. The summed E-state index contributed by atoms with van der Waals surface area (Å²) in [5.74, 6) is 29.6. The number of allylic oxidation sites excluding steroid dienone is 4. The van der Waals surface area contributed by atoms with Gasteiger partial charge in [-0.3, -0.25) is 4.79 Å². The van der Waals surface area contributed by atoms with Gasteiger partial charge in [0.1, 0.15) is 0 Å². The Kier molecular flexibility index (Phi) is 4.18. The maximum atomic E-state index is 12.8. The summed E-state index contributed by atoms with van der Waals surface area (Å²) in [6, 6.07) is 12.2. The zero-order valence-corrected chi connectivity index (χ0v) is 31.4. The molecule has 0 bridgehead atoms. The van der Waals surface area contributed by atoms with Gasteiger partial charge in [-0.15, -0.1) is 0 Å². The molecular weight excluding hydrogens is 645 g/mol. The van der Waals surface area contributed by atoms with Gasteiger partial charge in [0.25, 0.3) is 0 Å². The van der Waals surface area contributed by atoms with Crippen LogP contribution < -0.4 is 0 Å². The van der Waals surface area contributed by atoms with E-state index in [-0.39, 0.29) is 11.4 Å². The van der Waals surface area contributed by atoms with Crippen LogP contribution in [0.15, 0.2) is 53.6 Å². The van der Waals surface area contributed by atoms with Crippen LogP contribution in [0.2, 0.25) is 0 Å². The normalized spacial score (nSPS) is 71.3. The third kappa shape index (κ3) is 2.34. The molecule has 18 rings (SSSR count). The van der Waals surface area contributed by atoms with E-state index in [1.165, 1.54) is 19.3 Å². The first-order valence-corrected chi connectivity index (χ1v) is 23.7. The Morgan fingerprint density at radius 1 is 0.642 bits per heavy atom. The Labute approximate surface area is 315 Å². The first-order chi connectivity index (χ1) is 26.2. The van der Waals surface area contributed by atoms with Crippen LogP contribution in [0.5, 0.6) is 0 Å². The lowest BCUT2D eigenvalue weighted by molar-refractivity contribution is -0.150. The summed E-state index contributed by atoms with van der Waals surface area (Å²) in [5.41, 5.74) is 6.40. The predicted octanol–water partition coefficient (Wildman–Crippen LogP) is 8.93. The Bertz CT molecular complexity index is 2080. The van der Waals surface area contributed by atoms with Crippen molar-refractivity contribution in [2.45, 2.75) is 63.2 Å². The maximum Gasteiger partial charge on any atom is 0.305 e. The van der Waals surface area contributed by atoms with Crippen molar-refractivity contribution in [3.05, 3.63) is 59.2 Å². The number of hydrogen-bond acceptors (Lipinski definition) is 2. The summed E-state index contributed by atoms with van der Waals surface area (Å²) in [6.07, 6.45) is 18.6. The molecule has 2 heteroatoms. The maximum absolute atomic E-state index is 12.8. The number of ether oxygens (including phenoxy) is 1. The summed E-state index contributed by atoms with van der Waals surface area (Å²) in [7, 11) is 1.61. The van der Waals surface area contributed by atoms with Crippen LogP contribution in [0.3, 0.4) is 0 Å². The number of esters is 1. The molecule has 0 saturated heterocycles. The molecule has 15 saturated carbocycles. The molecule has 0 N–H and O–H groups in total. The van der Waals surface area contributed by atoms with Crippen LogP contribution in [0.25, 0.3) is 0 Å². The standard InChI is InChI=1S/C51H56O2/c1-53-27(52)8-5-9-50(25-6-3-2-4-7-25)49-26-16-23-14-20-12-21-11-18-10-19-13-22-15-24-17-51(49,50)48-34(24)39-33(22)38-29(19)28(18)36-32(21)37-30(20)31(23)40-35(26)47(48)46-44(39)42(38)41(36)43(37)45(40)46/h2-4,6-7,12,17-19,21-23,26,28-49H,5,8-11,13-16H2,1H3. The van der Waals surface area contributed by atoms with Crippen LogP contribution in [0.4, 0.5) is 0 Å². The molecule has 1 aromatic carbocycles. The summed E-state index contributed by atoms with van der Waals surface area (Å²) >= 11 is 0. The smallest absolute Gasteiger partial charge is 0.305 e. The third-order valence-corrected chi connectivity index (χ3v) is 25.2. The van der Waals surface area contributed by atoms with Crippen molar-refractivity contribution in [2.75, 3.05) is 7.11 Å². The van der Waals surface area contributed by atoms with Gasteiger partial charge < -0.3 is 4.74 Å². The highest BCUT2D eigenvalue weighted by atomic mass is 16.5. The van der Waals surface area contributed by atoms with Crippen molar-refractivity contribution >= 4 is 5.97 Å². The minimum Gasteiger partial charge on any atom is -0.469 e. The van der Waals surface area contributed by atoms with Crippen LogP contribution in [-0.4, -0.2) is 13.1 Å². The van der Waals surface area contributed by atoms with Gasteiger partial charge in [-0.2, -0.15) is 0 Å². The summed E-state index contributed by atoms with van der Waals surface area (Å²) in [4.78, 5) is 12.8. The molecule has 30 unspecified atom stereocenters. The van der Waals surface area contributed by atoms with E-state index in [0.29, 0.717) is 11.8 Å². The van der Waals surface area contributed by atoms with Crippen LogP contribution in [0, 0.1) is 171 Å². The van der Waals surface area contributed by atoms with Crippen molar-refractivity contribution in [2.24, 2.45) is 171 Å².